The topological polar surface area (TPSA) is 98.7 Å². The lowest BCUT2D eigenvalue weighted by Gasteiger charge is -2.16. The predicted molar refractivity (Wildman–Crippen MR) is 75.7 cm³/mol. The van der Waals surface area contributed by atoms with Crippen molar-refractivity contribution in [2.75, 3.05) is 13.1 Å². The molecule has 7 heteroatoms. The molecule has 7 nitrogen and oxygen atoms in total. The molecular formula is C14H23N3O4. The normalized spacial score (nSPS) is 23.6. The van der Waals surface area contributed by atoms with Crippen molar-refractivity contribution in [1.29, 1.82) is 0 Å². The van der Waals surface area contributed by atoms with Crippen LogP contribution in [0.15, 0.2) is 0 Å². The van der Waals surface area contributed by atoms with Crippen LogP contribution in [-0.2, 0) is 9.59 Å². The molecule has 0 aromatic heterocycles. The Morgan fingerprint density at radius 3 is 2.57 bits per heavy atom. The maximum absolute atomic E-state index is 11.7. The van der Waals surface area contributed by atoms with Gasteiger partial charge in [0, 0.05) is 38.0 Å². The number of carbonyl (C=O) groups is 3. The molecule has 0 bridgehead atoms. The van der Waals surface area contributed by atoms with Gasteiger partial charge in [-0.3, -0.25) is 19.8 Å². The van der Waals surface area contributed by atoms with E-state index in [9.17, 15) is 14.4 Å². The first-order valence-corrected chi connectivity index (χ1v) is 7.50. The van der Waals surface area contributed by atoms with Gasteiger partial charge in [-0.2, -0.15) is 0 Å². The first kappa shape index (κ1) is 15.8. The summed E-state index contributed by atoms with van der Waals surface area (Å²) in [6.45, 7) is 3.52. The van der Waals surface area contributed by atoms with E-state index in [2.05, 4.69) is 15.5 Å². The van der Waals surface area contributed by atoms with Crippen molar-refractivity contribution in [3.63, 3.8) is 0 Å². The minimum absolute atomic E-state index is 0.0403. The number of rotatable bonds is 6. The van der Waals surface area contributed by atoms with Crippen LogP contribution in [0, 0.1) is 5.92 Å². The van der Waals surface area contributed by atoms with Crippen LogP contribution < -0.4 is 10.6 Å². The number of aliphatic carboxylic acids is 1. The van der Waals surface area contributed by atoms with Gasteiger partial charge >= 0.3 is 12.0 Å². The number of carboxylic acids is 1. The van der Waals surface area contributed by atoms with Gasteiger partial charge in [-0.25, -0.2) is 4.79 Å². The lowest BCUT2D eigenvalue weighted by Crippen LogP contribution is -2.45. The van der Waals surface area contributed by atoms with E-state index in [0.717, 1.165) is 19.5 Å². The number of imide groups is 1. The molecule has 2 atom stereocenters. The monoisotopic (exact) mass is 297 g/mol. The number of nitrogens with zero attached hydrogens (tertiary/aromatic N) is 1. The summed E-state index contributed by atoms with van der Waals surface area (Å²) < 4.78 is 0. The van der Waals surface area contributed by atoms with Gasteiger partial charge in [0.2, 0.25) is 5.91 Å². The molecule has 21 heavy (non-hydrogen) atoms. The first-order valence-electron chi connectivity index (χ1n) is 7.50. The fraction of sp³-hybridized carbons (Fsp3) is 0.786. The highest BCUT2D eigenvalue weighted by atomic mass is 16.4. The molecule has 2 aliphatic rings. The molecule has 3 amide bonds. The van der Waals surface area contributed by atoms with Gasteiger partial charge in [0.05, 0.1) is 0 Å². The smallest absolute Gasteiger partial charge is 0.321 e. The van der Waals surface area contributed by atoms with Crippen molar-refractivity contribution >= 4 is 17.9 Å². The Balaban J connectivity index is 1.64. The second-order valence-corrected chi connectivity index (χ2v) is 6.14. The van der Waals surface area contributed by atoms with E-state index >= 15 is 0 Å². The summed E-state index contributed by atoms with van der Waals surface area (Å²) in [4.78, 5) is 36.2. The van der Waals surface area contributed by atoms with Gasteiger partial charge in [0.25, 0.3) is 0 Å². The van der Waals surface area contributed by atoms with Crippen LogP contribution in [-0.4, -0.2) is 53.1 Å². The zero-order chi connectivity index (χ0) is 15.4. The fourth-order valence-electron chi connectivity index (χ4n) is 2.76. The number of amides is 3. The van der Waals surface area contributed by atoms with Crippen molar-refractivity contribution in [3.8, 4) is 0 Å². The van der Waals surface area contributed by atoms with Crippen molar-refractivity contribution in [1.82, 2.24) is 15.5 Å². The number of hydrogen-bond donors (Lipinski definition) is 3. The zero-order valence-electron chi connectivity index (χ0n) is 12.3. The second-order valence-electron chi connectivity index (χ2n) is 6.14. The second kappa shape index (κ2) is 6.89. The van der Waals surface area contributed by atoms with E-state index in [1.807, 2.05) is 0 Å². The van der Waals surface area contributed by atoms with Crippen molar-refractivity contribution in [2.24, 2.45) is 5.92 Å². The summed E-state index contributed by atoms with van der Waals surface area (Å²) in [5.41, 5.74) is 0. The molecule has 2 fully saturated rings. The van der Waals surface area contributed by atoms with E-state index < -0.39 is 17.9 Å². The molecule has 118 valence electrons. The van der Waals surface area contributed by atoms with Crippen molar-refractivity contribution in [2.45, 2.75) is 51.1 Å². The molecule has 1 heterocycles. The molecule has 3 N–H and O–H groups in total. The third-order valence-corrected chi connectivity index (χ3v) is 3.93. The van der Waals surface area contributed by atoms with Crippen LogP contribution >= 0.6 is 0 Å². The summed E-state index contributed by atoms with van der Waals surface area (Å²) >= 11 is 0. The average Bonchev–Trinajstić information content (AvgIpc) is 3.09. The van der Waals surface area contributed by atoms with Crippen LogP contribution in [0.2, 0.25) is 0 Å². The maximum Gasteiger partial charge on any atom is 0.321 e. The number of likely N-dealkylation sites (tertiary alicyclic amines) is 1. The van der Waals surface area contributed by atoms with E-state index in [0.29, 0.717) is 6.04 Å². The van der Waals surface area contributed by atoms with Crippen LogP contribution in [0.3, 0.4) is 0 Å². The molecule has 1 saturated heterocycles. The largest absolute Gasteiger partial charge is 0.481 e. The highest BCUT2D eigenvalue weighted by Gasteiger charge is 2.34. The summed E-state index contributed by atoms with van der Waals surface area (Å²) in [6.07, 6.45) is 3.37. The minimum Gasteiger partial charge on any atom is -0.481 e. The number of urea groups is 1. The average molecular weight is 297 g/mol. The Labute approximate surface area is 124 Å². The number of hydrogen-bond acceptors (Lipinski definition) is 4. The van der Waals surface area contributed by atoms with Gasteiger partial charge in [-0.15, -0.1) is 0 Å². The third kappa shape index (κ3) is 5.34. The number of carboxylic acid groups (broad SMARTS) is 1. The molecule has 0 aromatic rings. The van der Waals surface area contributed by atoms with Crippen LogP contribution in [0.1, 0.15) is 39.0 Å². The van der Waals surface area contributed by atoms with Crippen molar-refractivity contribution < 1.29 is 19.5 Å². The highest BCUT2D eigenvalue weighted by Crippen LogP contribution is 2.29. The molecule has 0 spiro atoms. The van der Waals surface area contributed by atoms with Gasteiger partial charge in [0.15, 0.2) is 0 Å². The van der Waals surface area contributed by atoms with Crippen LogP contribution in [0.25, 0.3) is 0 Å². The Kier molecular flexibility index (Phi) is 5.17. The highest BCUT2D eigenvalue weighted by molar-refractivity contribution is 5.94. The predicted octanol–water partition coefficient (Wildman–Crippen LogP) is 0.550. The van der Waals surface area contributed by atoms with Gasteiger partial charge in [-0.05, 0) is 25.2 Å². The van der Waals surface area contributed by atoms with Crippen LogP contribution in [0.5, 0.6) is 0 Å². The summed E-state index contributed by atoms with van der Waals surface area (Å²) in [6, 6.07) is 0.304. The summed E-state index contributed by atoms with van der Waals surface area (Å²) in [5.74, 6) is -1.66. The minimum atomic E-state index is -0.939. The lowest BCUT2D eigenvalue weighted by molar-refractivity contribution is -0.138. The Bertz CT molecular complexity index is 422. The molecule has 2 unspecified atom stereocenters. The molecule has 1 saturated carbocycles. The van der Waals surface area contributed by atoms with E-state index in [1.54, 1.807) is 6.92 Å². The van der Waals surface area contributed by atoms with Gasteiger partial charge in [-0.1, -0.05) is 6.92 Å². The van der Waals surface area contributed by atoms with Crippen molar-refractivity contribution in [3.05, 3.63) is 0 Å². The summed E-state index contributed by atoms with van der Waals surface area (Å²) in [7, 11) is 0. The zero-order valence-corrected chi connectivity index (χ0v) is 12.3. The SMILES string of the molecule is CC(CC(=O)O)CC(=O)NC(=O)NC1CCN(C2CC2)C1. The fourth-order valence-corrected chi connectivity index (χ4v) is 2.76. The van der Waals surface area contributed by atoms with Gasteiger partial charge < -0.3 is 10.4 Å². The Morgan fingerprint density at radius 1 is 1.24 bits per heavy atom. The number of carbonyl (C=O) groups excluding carboxylic acids is 2. The maximum atomic E-state index is 11.7. The van der Waals surface area contributed by atoms with E-state index in [4.69, 9.17) is 5.11 Å². The van der Waals surface area contributed by atoms with E-state index in [-0.39, 0.29) is 24.8 Å². The van der Waals surface area contributed by atoms with Crippen LogP contribution in [0.4, 0.5) is 4.79 Å². The standard InChI is InChI=1S/C14H23N3O4/c1-9(7-13(19)20)6-12(18)16-14(21)15-10-4-5-17(8-10)11-2-3-11/h9-11H,2-8H2,1H3,(H,19,20)(H2,15,16,18,21). The van der Waals surface area contributed by atoms with E-state index in [1.165, 1.54) is 12.8 Å². The Hall–Kier alpha value is -1.63. The molecule has 1 aliphatic carbocycles. The quantitative estimate of drug-likeness (QED) is 0.665. The molecule has 2 rings (SSSR count). The third-order valence-electron chi connectivity index (χ3n) is 3.93. The Morgan fingerprint density at radius 2 is 1.95 bits per heavy atom. The molecule has 1 aliphatic heterocycles. The molecule has 0 aromatic carbocycles. The lowest BCUT2D eigenvalue weighted by atomic mass is 10.0. The molecule has 0 radical (unpaired) electrons. The number of nitrogens with one attached hydrogen (secondary N) is 2. The first-order chi connectivity index (χ1) is 9.94. The molecular weight excluding hydrogens is 274 g/mol. The summed E-state index contributed by atoms with van der Waals surface area (Å²) in [5, 5.41) is 13.7. The van der Waals surface area contributed by atoms with Gasteiger partial charge in [0.1, 0.15) is 0 Å².